The van der Waals surface area contributed by atoms with Gasteiger partial charge in [0.25, 0.3) is 0 Å². The summed E-state index contributed by atoms with van der Waals surface area (Å²) in [4.78, 5) is 1.27. The van der Waals surface area contributed by atoms with E-state index in [1.165, 1.54) is 10.4 Å². The average Bonchev–Trinajstić information content (AvgIpc) is 2.61. The van der Waals surface area contributed by atoms with Gasteiger partial charge in [0, 0.05) is 10.9 Å². The highest BCUT2D eigenvalue weighted by atomic mass is 35.5. The number of halogens is 1. The number of rotatable bonds is 7. The van der Waals surface area contributed by atoms with Crippen molar-refractivity contribution < 1.29 is 0 Å². The Labute approximate surface area is 108 Å². The van der Waals surface area contributed by atoms with Gasteiger partial charge in [-0.2, -0.15) is 0 Å². The van der Waals surface area contributed by atoms with Gasteiger partial charge in [-0.15, -0.1) is 17.9 Å². The van der Waals surface area contributed by atoms with Crippen LogP contribution in [0.1, 0.15) is 42.7 Å². The summed E-state index contributed by atoms with van der Waals surface area (Å²) in [6, 6.07) is 0.379. The smallest absolute Gasteiger partial charge is 0.0590 e. The Bertz CT molecular complexity index is 333. The third kappa shape index (κ3) is 3.62. The Morgan fingerprint density at radius 1 is 1.62 bits per heavy atom. The van der Waals surface area contributed by atoms with Gasteiger partial charge in [-0.05, 0) is 43.7 Å². The lowest BCUT2D eigenvalue weighted by molar-refractivity contribution is 0.510. The summed E-state index contributed by atoms with van der Waals surface area (Å²) in [7, 11) is 0. The minimum Gasteiger partial charge on any atom is -0.309 e. The number of allylic oxidation sites excluding steroid dienone is 1. The van der Waals surface area contributed by atoms with Crippen LogP contribution in [0.25, 0.3) is 0 Å². The van der Waals surface area contributed by atoms with Crippen molar-refractivity contribution in [3.63, 3.8) is 0 Å². The van der Waals surface area contributed by atoms with Crippen molar-refractivity contribution in [2.75, 3.05) is 6.54 Å². The molecule has 0 radical (unpaired) electrons. The Hall–Kier alpha value is -0.310. The third-order valence-corrected chi connectivity index (χ3v) is 4.37. The van der Waals surface area contributed by atoms with Crippen LogP contribution in [0.15, 0.2) is 18.0 Å². The number of hydrogen-bond acceptors (Lipinski definition) is 2. The van der Waals surface area contributed by atoms with Crippen LogP contribution in [0.2, 0.25) is 5.02 Å². The zero-order valence-corrected chi connectivity index (χ0v) is 11.6. The monoisotopic (exact) mass is 257 g/mol. The van der Waals surface area contributed by atoms with Gasteiger partial charge in [-0.1, -0.05) is 24.6 Å². The van der Waals surface area contributed by atoms with Gasteiger partial charge >= 0.3 is 0 Å². The summed E-state index contributed by atoms with van der Waals surface area (Å²) in [5.74, 6) is 0. The van der Waals surface area contributed by atoms with Crippen LogP contribution in [0.5, 0.6) is 0 Å². The molecule has 1 atom stereocenters. The molecule has 0 amide bonds. The van der Waals surface area contributed by atoms with Crippen LogP contribution in [-0.2, 0) is 0 Å². The van der Waals surface area contributed by atoms with Crippen molar-refractivity contribution in [2.45, 2.75) is 39.2 Å². The number of aryl methyl sites for hydroxylation is 1. The summed E-state index contributed by atoms with van der Waals surface area (Å²) in [5.41, 5.74) is 1.18. The van der Waals surface area contributed by atoms with Crippen LogP contribution in [-0.4, -0.2) is 6.54 Å². The zero-order valence-electron chi connectivity index (χ0n) is 10.1. The molecule has 0 bridgehead atoms. The van der Waals surface area contributed by atoms with E-state index >= 15 is 0 Å². The molecule has 3 heteroatoms. The molecule has 1 aromatic rings. The van der Waals surface area contributed by atoms with Crippen molar-refractivity contribution in [1.82, 2.24) is 5.32 Å². The second-order valence-electron chi connectivity index (χ2n) is 3.97. The Morgan fingerprint density at radius 2 is 2.38 bits per heavy atom. The Balaban J connectivity index is 2.74. The molecule has 90 valence electrons. The van der Waals surface area contributed by atoms with Crippen molar-refractivity contribution in [3.8, 4) is 0 Å². The normalized spacial score (nSPS) is 12.7. The van der Waals surface area contributed by atoms with Crippen molar-refractivity contribution in [3.05, 3.63) is 33.5 Å². The zero-order chi connectivity index (χ0) is 12.0. The Morgan fingerprint density at radius 3 is 2.88 bits per heavy atom. The number of thiophene rings is 1. The lowest BCUT2D eigenvalue weighted by atomic mass is 10.1. The molecule has 1 aromatic heterocycles. The van der Waals surface area contributed by atoms with E-state index in [1.54, 1.807) is 11.3 Å². The van der Waals surface area contributed by atoms with Gasteiger partial charge in [0.1, 0.15) is 0 Å². The largest absolute Gasteiger partial charge is 0.309 e. The van der Waals surface area contributed by atoms with Crippen LogP contribution >= 0.6 is 22.9 Å². The summed E-state index contributed by atoms with van der Waals surface area (Å²) in [6.07, 6.45) is 5.21. The topological polar surface area (TPSA) is 12.0 Å². The molecule has 0 aliphatic carbocycles. The molecule has 0 aliphatic rings. The van der Waals surface area contributed by atoms with E-state index in [0.29, 0.717) is 6.04 Å². The summed E-state index contributed by atoms with van der Waals surface area (Å²) in [5, 5.41) is 6.62. The van der Waals surface area contributed by atoms with Gasteiger partial charge < -0.3 is 5.32 Å². The third-order valence-electron chi connectivity index (χ3n) is 2.54. The molecular formula is C13H20ClNS. The van der Waals surface area contributed by atoms with E-state index in [2.05, 4.69) is 31.1 Å². The van der Waals surface area contributed by atoms with Gasteiger partial charge in [-0.25, -0.2) is 0 Å². The first-order chi connectivity index (χ1) is 7.70. The molecular weight excluding hydrogens is 238 g/mol. The fourth-order valence-electron chi connectivity index (χ4n) is 1.61. The van der Waals surface area contributed by atoms with Crippen LogP contribution in [0.4, 0.5) is 0 Å². The first kappa shape index (κ1) is 13.8. The Kier molecular flexibility index (Phi) is 6.10. The molecule has 1 unspecified atom stereocenters. The van der Waals surface area contributed by atoms with Gasteiger partial charge in [0.2, 0.25) is 0 Å². The average molecular weight is 258 g/mol. The first-order valence-corrected chi connectivity index (χ1v) is 7.04. The van der Waals surface area contributed by atoms with E-state index in [1.807, 2.05) is 6.08 Å². The van der Waals surface area contributed by atoms with E-state index in [9.17, 15) is 0 Å². The van der Waals surface area contributed by atoms with Crippen molar-refractivity contribution in [2.24, 2.45) is 0 Å². The molecule has 0 saturated carbocycles. The van der Waals surface area contributed by atoms with Crippen LogP contribution in [0, 0.1) is 6.92 Å². The molecule has 1 nitrogen and oxygen atoms in total. The molecule has 0 aromatic carbocycles. The predicted molar refractivity (Wildman–Crippen MR) is 74.5 cm³/mol. The highest BCUT2D eigenvalue weighted by Crippen LogP contribution is 2.34. The lowest BCUT2D eigenvalue weighted by Gasteiger charge is -2.17. The van der Waals surface area contributed by atoms with Gasteiger partial charge in [0.05, 0.1) is 5.02 Å². The first-order valence-electron chi connectivity index (χ1n) is 5.78. The SMILES string of the molecule is C=CCCC(NCCC)c1scc(C)c1Cl. The second kappa shape index (κ2) is 7.10. The standard InChI is InChI=1S/C13H20ClNS/c1-4-6-7-11(15-8-5-2)13-12(14)10(3)9-16-13/h4,9,11,15H,1,5-8H2,2-3H3. The highest BCUT2D eigenvalue weighted by molar-refractivity contribution is 7.10. The molecule has 1 N–H and O–H groups in total. The summed E-state index contributed by atoms with van der Waals surface area (Å²) >= 11 is 8.06. The molecule has 1 heterocycles. The molecule has 16 heavy (non-hydrogen) atoms. The molecule has 0 fully saturated rings. The van der Waals surface area contributed by atoms with Gasteiger partial charge in [-0.3, -0.25) is 0 Å². The molecule has 0 spiro atoms. The fourth-order valence-corrected chi connectivity index (χ4v) is 3.05. The predicted octanol–water partition coefficient (Wildman–Crippen LogP) is 4.72. The minimum absolute atomic E-state index is 0.379. The van der Waals surface area contributed by atoms with E-state index < -0.39 is 0 Å². The summed E-state index contributed by atoms with van der Waals surface area (Å²) < 4.78 is 0. The summed E-state index contributed by atoms with van der Waals surface area (Å²) in [6.45, 7) is 9.06. The fraction of sp³-hybridized carbons (Fsp3) is 0.538. The maximum absolute atomic E-state index is 6.31. The minimum atomic E-state index is 0.379. The molecule has 0 aliphatic heterocycles. The molecule has 0 saturated heterocycles. The maximum Gasteiger partial charge on any atom is 0.0590 e. The lowest BCUT2D eigenvalue weighted by Crippen LogP contribution is -2.21. The quantitative estimate of drug-likeness (QED) is 0.697. The van der Waals surface area contributed by atoms with Crippen LogP contribution in [0.3, 0.4) is 0 Å². The highest BCUT2D eigenvalue weighted by Gasteiger charge is 2.16. The molecule has 1 rings (SSSR count). The second-order valence-corrected chi connectivity index (χ2v) is 5.26. The van der Waals surface area contributed by atoms with Crippen LogP contribution < -0.4 is 5.32 Å². The number of nitrogens with one attached hydrogen (secondary N) is 1. The van der Waals surface area contributed by atoms with Crippen molar-refractivity contribution >= 4 is 22.9 Å². The maximum atomic E-state index is 6.31. The van der Waals surface area contributed by atoms with Gasteiger partial charge in [0.15, 0.2) is 0 Å². The van der Waals surface area contributed by atoms with Crippen molar-refractivity contribution in [1.29, 1.82) is 0 Å². The number of hydrogen-bond donors (Lipinski definition) is 1. The van der Waals surface area contributed by atoms with E-state index in [0.717, 1.165) is 30.8 Å². The van der Waals surface area contributed by atoms with E-state index in [4.69, 9.17) is 11.6 Å². The van der Waals surface area contributed by atoms with E-state index in [-0.39, 0.29) is 0 Å².